The molecule has 104 valence electrons. The summed E-state index contributed by atoms with van der Waals surface area (Å²) < 4.78 is 77.6. The summed E-state index contributed by atoms with van der Waals surface area (Å²) in [5.41, 5.74) is 0. The normalized spacial score (nSPS) is 10.9. The average molecular weight is 322 g/mol. The van der Waals surface area contributed by atoms with E-state index >= 15 is 0 Å². The van der Waals surface area contributed by atoms with E-state index in [1.165, 1.54) is 0 Å². The predicted octanol–water partition coefficient (Wildman–Crippen LogP) is -1.43. The second-order valence-electron chi connectivity index (χ2n) is 2.20. The van der Waals surface area contributed by atoms with E-state index in [4.69, 9.17) is 13.7 Å². The Labute approximate surface area is 98.1 Å². The van der Waals surface area contributed by atoms with Crippen LogP contribution in [0.5, 0.6) is 0 Å². The fourth-order valence-electron chi connectivity index (χ4n) is 0. The molecule has 0 fully saturated rings. The van der Waals surface area contributed by atoms with Gasteiger partial charge in [-0.3, -0.25) is 13.7 Å². The van der Waals surface area contributed by atoms with Crippen LogP contribution in [0.25, 0.3) is 0 Å². The maximum absolute atomic E-state index is 9.19. The second-order valence-corrected chi connectivity index (χ2v) is 6.60. The van der Waals surface area contributed by atoms with Crippen LogP contribution in [-0.4, -0.2) is 57.7 Å². The fourth-order valence-corrected chi connectivity index (χ4v) is 0. The third-order valence-corrected chi connectivity index (χ3v) is 0. The molecule has 1 unspecified atom stereocenters. The smallest absolute Gasteiger partial charge is 0.261 e. The maximum atomic E-state index is 9.19. The lowest BCUT2D eigenvalue weighted by molar-refractivity contribution is 0.488. The van der Waals surface area contributed by atoms with E-state index in [1.807, 2.05) is 0 Å². The Hall–Kier alpha value is 0.160. The highest BCUT2D eigenvalue weighted by Crippen LogP contribution is 1.61. The number of rotatable bonds is 0. The largest absolute Gasteiger partial charge is 0.286 e. The first-order chi connectivity index (χ1) is 6.00. The average Bonchev–Trinajstić information content (AvgIpc) is 1.41. The molecule has 0 bridgehead atoms. The second kappa shape index (κ2) is 9.22. The van der Waals surface area contributed by atoms with E-state index in [2.05, 4.69) is 0 Å². The van der Waals surface area contributed by atoms with Gasteiger partial charge in [-0.25, -0.2) is 0 Å². The van der Waals surface area contributed by atoms with Crippen LogP contribution < -0.4 is 0 Å². The minimum atomic E-state index is -3.67. The summed E-state index contributed by atoms with van der Waals surface area (Å²) in [5.74, 6) is 0. The van der Waals surface area contributed by atoms with E-state index in [-0.39, 0.29) is 9.90 Å². The highest BCUT2D eigenvalue weighted by molar-refractivity contribution is 7.85. The Balaban J connectivity index is -0.0000000655. The molecule has 0 saturated carbocycles. The standard InChI is InChI=1S/3CH4O3S.H3P/c3*1-5(2,3)4;/h3*1H3,(H,2,3,4);1H3. The zero-order valence-electron chi connectivity index (χ0n) is 8.72. The van der Waals surface area contributed by atoms with Crippen molar-refractivity contribution >= 4 is 40.3 Å². The molecule has 0 heterocycles. The summed E-state index contributed by atoms with van der Waals surface area (Å²) in [6.45, 7) is 0. The Bertz CT molecular complexity index is 347. The van der Waals surface area contributed by atoms with E-state index in [1.54, 1.807) is 0 Å². The topological polar surface area (TPSA) is 163 Å². The van der Waals surface area contributed by atoms with Gasteiger partial charge in [0.15, 0.2) is 0 Å². The minimum absolute atomic E-state index is 0. The van der Waals surface area contributed by atoms with Gasteiger partial charge >= 0.3 is 0 Å². The van der Waals surface area contributed by atoms with Crippen LogP contribution in [0.3, 0.4) is 0 Å². The zero-order chi connectivity index (χ0) is 13.5. The van der Waals surface area contributed by atoms with Crippen LogP contribution in [0.4, 0.5) is 0 Å². The molecule has 0 aromatic heterocycles. The molecule has 0 aliphatic rings. The molecule has 0 aromatic carbocycles. The van der Waals surface area contributed by atoms with Crippen molar-refractivity contribution in [2.75, 3.05) is 18.8 Å². The highest BCUT2D eigenvalue weighted by atomic mass is 32.2. The molecule has 0 aliphatic carbocycles. The van der Waals surface area contributed by atoms with Crippen molar-refractivity contribution in [2.24, 2.45) is 0 Å². The number of hydrogen-bond acceptors (Lipinski definition) is 6. The molecule has 13 heteroatoms. The van der Waals surface area contributed by atoms with Crippen molar-refractivity contribution in [3.05, 3.63) is 0 Å². The van der Waals surface area contributed by atoms with Gasteiger partial charge in [-0.2, -0.15) is 35.2 Å². The molecule has 0 rings (SSSR count). The molecule has 0 radical (unpaired) electrons. The summed E-state index contributed by atoms with van der Waals surface area (Å²) in [4.78, 5) is 0. The van der Waals surface area contributed by atoms with E-state index in [0.29, 0.717) is 18.8 Å². The first-order valence-corrected chi connectivity index (χ1v) is 8.32. The fraction of sp³-hybridized carbons (Fsp3) is 1.00. The van der Waals surface area contributed by atoms with E-state index < -0.39 is 30.4 Å². The Morgan fingerprint density at radius 1 is 0.562 bits per heavy atom. The molecular weight excluding hydrogens is 307 g/mol. The first kappa shape index (κ1) is 25.1. The van der Waals surface area contributed by atoms with Crippen LogP contribution in [0, 0.1) is 0 Å². The SMILES string of the molecule is CS(=O)(=O)O.CS(=O)(=O)O.CS(=O)(=O)O.P. The van der Waals surface area contributed by atoms with Gasteiger partial charge in [0.25, 0.3) is 30.4 Å². The summed E-state index contributed by atoms with van der Waals surface area (Å²) >= 11 is 0. The van der Waals surface area contributed by atoms with Crippen molar-refractivity contribution in [3.63, 3.8) is 0 Å². The van der Waals surface area contributed by atoms with Gasteiger partial charge in [0.1, 0.15) is 0 Å². The van der Waals surface area contributed by atoms with Crippen LogP contribution in [-0.2, 0) is 30.4 Å². The van der Waals surface area contributed by atoms with Gasteiger partial charge in [-0.05, 0) is 0 Å². The molecule has 1 atom stereocenters. The van der Waals surface area contributed by atoms with Gasteiger partial charge in [0, 0.05) is 0 Å². The third-order valence-electron chi connectivity index (χ3n) is 0. The van der Waals surface area contributed by atoms with Crippen LogP contribution in [0.2, 0.25) is 0 Å². The molecule has 0 saturated heterocycles. The third kappa shape index (κ3) is 95800. The van der Waals surface area contributed by atoms with Crippen LogP contribution >= 0.6 is 9.90 Å². The quantitative estimate of drug-likeness (QED) is 0.358. The lowest BCUT2D eigenvalue weighted by Gasteiger charge is -1.69. The van der Waals surface area contributed by atoms with Gasteiger partial charge in [-0.15, -0.1) is 0 Å². The van der Waals surface area contributed by atoms with Crippen molar-refractivity contribution in [1.82, 2.24) is 0 Å². The molecular formula is C3H15O9PS3. The summed E-state index contributed by atoms with van der Waals surface area (Å²) in [5, 5.41) is 0. The molecule has 0 aliphatic heterocycles. The molecule has 0 aromatic rings. The molecule has 16 heavy (non-hydrogen) atoms. The minimum Gasteiger partial charge on any atom is -0.286 e. The first-order valence-electron chi connectivity index (χ1n) is 2.77. The summed E-state index contributed by atoms with van der Waals surface area (Å²) in [6.07, 6.45) is 2.15. The van der Waals surface area contributed by atoms with Crippen LogP contribution in [0.1, 0.15) is 0 Å². The zero-order valence-corrected chi connectivity index (χ0v) is 12.6. The van der Waals surface area contributed by atoms with Gasteiger partial charge in [0.05, 0.1) is 18.8 Å². The Morgan fingerprint density at radius 2 is 0.562 bits per heavy atom. The van der Waals surface area contributed by atoms with Crippen molar-refractivity contribution in [2.45, 2.75) is 0 Å². The summed E-state index contributed by atoms with van der Waals surface area (Å²) in [7, 11) is -11.0. The number of hydrogen-bond donors (Lipinski definition) is 3. The Kier molecular flexibility index (Phi) is 14.5. The van der Waals surface area contributed by atoms with Gasteiger partial charge < -0.3 is 0 Å². The molecule has 9 nitrogen and oxygen atoms in total. The predicted molar refractivity (Wildman–Crippen MR) is 63.5 cm³/mol. The van der Waals surface area contributed by atoms with Gasteiger partial charge in [0.2, 0.25) is 0 Å². The van der Waals surface area contributed by atoms with Crippen LogP contribution in [0.15, 0.2) is 0 Å². The van der Waals surface area contributed by atoms with E-state index in [0.717, 1.165) is 0 Å². The van der Waals surface area contributed by atoms with Crippen molar-refractivity contribution < 1.29 is 38.9 Å². The van der Waals surface area contributed by atoms with Crippen molar-refractivity contribution in [3.8, 4) is 0 Å². The van der Waals surface area contributed by atoms with Crippen molar-refractivity contribution in [1.29, 1.82) is 0 Å². The van der Waals surface area contributed by atoms with E-state index in [9.17, 15) is 25.3 Å². The van der Waals surface area contributed by atoms with Gasteiger partial charge in [-0.1, -0.05) is 0 Å². The molecule has 0 amide bonds. The lowest BCUT2D eigenvalue weighted by atomic mass is 12.0. The summed E-state index contributed by atoms with van der Waals surface area (Å²) in [6, 6.07) is 0. The lowest BCUT2D eigenvalue weighted by Crippen LogP contribution is -1.88. The Morgan fingerprint density at radius 3 is 0.562 bits per heavy atom. The highest BCUT2D eigenvalue weighted by Gasteiger charge is 1.82. The monoisotopic (exact) mass is 322 g/mol. The maximum Gasteiger partial charge on any atom is 0.261 e. The molecule has 3 N–H and O–H groups in total. The molecule has 0 spiro atoms.